The molecule has 0 saturated carbocycles. The van der Waals surface area contributed by atoms with E-state index < -0.39 is 0 Å². The van der Waals surface area contributed by atoms with Crippen LogP contribution in [0.4, 0.5) is 0 Å². The predicted octanol–water partition coefficient (Wildman–Crippen LogP) is 3.07. The Morgan fingerprint density at radius 3 is 3.13 bits per heavy atom. The van der Waals surface area contributed by atoms with Gasteiger partial charge in [-0.3, -0.25) is 0 Å². The minimum Gasteiger partial charge on any atom is -0.461 e. The van der Waals surface area contributed by atoms with Gasteiger partial charge in [-0.25, -0.2) is 0 Å². The van der Waals surface area contributed by atoms with Crippen LogP contribution in [0.2, 0.25) is 5.02 Å². The van der Waals surface area contributed by atoms with E-state index >= 15 is 0 Å². The second-order valence-corrected chi connectivity index (χ2v) is 4.57. The molecule has 0 saturated heterocycles. The maximum atomic E-state index is 6.00. The lowest BCUT2D eigenvalue weighted by Gasteiger charge is -2.21. The summed E-state index contributed by atoms with van der Waals surface area (Å²) in [6, 6.07) is 5.83. The molecule has 3 rings (SSSR count). The van der Waals surface area contributed by atoms with E-state index in [1.54, 1.807) is 0 Å². The molecule has 2 aromatic rings. The van der Waals surface area contributed by atoms with Gasteiger partial charge in [0.1, 0.15) is 11.3 Å². The Morgan fingerprint density at radius 2 is 2.27 bits per heavy atom. The van der Waals surface area contributed by atoms with Crippen LogP contribution in [0.3, 0.4) is 0 Å². The van der Waals surface area contributed by atoms with E-state index in [2.05, 4.69) is 11.9 Å². The lowest BCUT2D eigenvalue weighted by Crippen LogP contribution is -2.25. The summed E-state index contributed by atoms with van der Waals surface area (Å²) in [5.74, 6) is 1.13. The van der Waals surface area contributed by atoms with Gasteiger partial charge in [0.15, 0.2) is 0 Å². The van der Waals surface area contributed by atoms with E-state index in [9.17, 15) is 0 Å². The van der Waals surface area contributed by atoms with Gasteiger partial charge in [-0.15, -0.1) is 0 Å². The highest BCUT2D eigenvalue weighted by molar-refractivity contribution is 6.31. The van der Waals surface area contributed by atoms with Crippen molar-refractivity contribution < 1.29 is 4.42 Å². The molecule has 1 aliphatic heterocycles. The van der Waals surface area contributed by atoms with Gasteiger partial charge in [-0.1, -0.05) is 11.6 Å². The summed E-state index contributed by atoms with van der Waals surface area (Å²) in [4.78, 5) is 2.30. The second kappa shape index (κ2) is 3.26. The van der Waals surface area contributed by atoms with Gasteiger partial charge in [0.25, 0.3) is 0 Å². The monoisotopic (exact) mass is 221 g/mol. The summed E-state index contributed by atoms with van der Waals surface area (Å²) in [7, 11) is 2.13. The Kier molecular flexibility index (Phi) is 2.01. The van der Waals surface area contributed by atoms with Crippen molar-refractivity contribution in [3.8, 4) is 0 Å². The van der Waals surface area contributed by atoms with Crippen LogP contribution in [-0.4, -0.2) is 18.5 Å². The third-order valence-corrected chi connectivity index (χ3v) is 3.22. The zero-order valence-corrected chi connectivity index (χ0v) is 9.34. The van der Waals surface area contributed by atoms with Gasteiger partial charge in [-0.2, -0.15) is 0 Å². The molecule has 0 fully saturated rings. The number of nitrogens with zero attached hydrogens (tertiary/aromatic N) is 1. The molecule has 1 aromatic heterocycles. The fourth-order valence-electron chi connectivity index (χ4n) is 2.19. The normalized spacial score (nSPS) is 16.9. The van der Waals surface area contributed by atoms with Crippen molar-refractivity contribution in [2.75, 3.05) is 13.6 Å². The number of hydrogen-bond acceptors (Lipinski definition) is 2. The van der Waals surface area contributed by atoms with Crippen LogP contribution in [-0.2, 0) is 13.0 Å². The van der Waals surface area contributed by atoms with Gasteiger partial charge in [0, 0.05) is 35.5 Å². The van der Waals surface area contributed by atoms with E-state index in [-0.39, 0.29) is 0 Å². The zero-order chi connectivity index (χ0) is 10.4. The quantitative estimate of drug-likeness (QED) is 0.680. The Hall–Kier alpha value is -0.990. The molecule has 2 nitrogen and oxygen atoms in total. The number of halogens is 1. The molecule has 0 atom stereocenters. The van der Waals surface area contributed by atoms with Crippen molar-refractivity contribution in [1.82, 2.24) is 4.90 Å². The highest BCUT2D eigenvalue weighted by Gasteiger charge is 2.20. The van der Waals surface area contributed by atoms with Crippen molar-refractivity contribution in [1.29, 1.82) is 0 Å². The summed E-state index contributed by atoms with van der Waals surface area (Å²) in [5, 5.41) is 1.95. The average Bonchev–Trinajstić information content (AvgIpc) is 2.56. The molecule has 0 aliphatic carbocycles. The lowest BCUT2D eigenvalue weighted by molar-refractivity contribution is 0.296. The molecule has 0 amide bonds. The first-order chi connectivity index (χ1) is 7.24. The van der Waals surface area contributed by atoms with Crippen molar-refractivity contribution in [2.24, 2.45) is 0 Å². The van der Waals surface area contributed by atoms with Crippen molar-refractivity contribution in [3.05, 3.63) is 34.5 Å². The average molecular weight is 222 g/mol. The summed E-state index contributed by atoms with van der Waals surface area (Å²) < 4.78 is 5.81. The molecular weight excluding hydrogens is 210 g/mol. The first-order valence-electron chi connectivity index (χ1n) is 5.12. The summed E-state index contributed by atoms with van der Waals surface area (Å²) in [5.41, 5.74) is 2.26. The Bertz CT molecular complexity index is 518. The maximum Gasteiger partial charge on any atom is 0.134 e. The number of rotatable bonds is 0. The number of hydrogen-bond donors (Lipinski definition) is 0. The fourth-order valence-corrected chi connectivity index (χ4v) is 2.36. The van der Waals surface area contributed by atoms with E-state index in [4.69, 9.17) is 16.0 Å². The minimum absolute atomic E-state index is 0.777. The third kappa shape index (κ3) is 1.45. The van der Waals surface area contributed by atoms with Crippen LogP contribution in [0.25, 0.3) is 11.0 Å². The molecule has 0 N–H and O–H groups in total. The molecule has 0 bridgehead atoms. The first-order valence-corrected chi connectivity index (χ1v) is 5.50. The largest absolute Gasteiger partial charge is 0.461 e. The predicted molar refractivity (Wildman–Crippen MR) is 61.3 cm³/mol. The maximum absolute atomic E-state index is 6.00. The van der Waals surface area contributed by atoms with Crippen LogP contribution in [0, 0.1) is 0 Å². The third-order valence-electron chi connectivity index (χ3n) is 2.99. The number of benzene rings is 1. The summed E-state index contributed by atoms with van der Waals surface area (Å²) in [6.45, 7) is 2.03. The first kappa shape index (κ1) is 9.25. The molecular formula is C12H12ClNO. The fraction of sp³-hybridized carbons (Fsp3) is 0.333. The molecule has 0 spiro atoms. The summed E-state index contributed by atoms with van der Waals surface area (Å²) >= 11 is 6.00. The second-order valence-electron chi connectivity index (χ2n) is 4.13. The van der Waals surface area contributed by atoms with Crippen LogP contribution in [0.1, 0.15) is 11.3 Å². The van der Waals surface area contributed by atoms with Crippen molar-refractivity contribution in [2.45, 2.75) is 13.0 Å². The van der Waals surface area contributed by atoms with E-state index in [1.165, 1.54) is 10.9 Å². The molecule has 15 heavy (non-hydrogen) atoms. The van der Waals surface area contributed by atoms with Crippen LogP contribution in [0.15, 0.2) is 22.6 Å². The molecule has 0 unspecified atom stereocenters. The van der Waals surface area contributed by atoms with Gasteiger partial charge in [-0.05, 0) is 25.2 Å². The highest BCUT2D eigenvalue weighted by Crippen LogP contribution is 2.31. The SMILES string of the molecule is CN1CCc2oc3ccc(Cl)cc3c2C1. The zero-order valence-electron chi connectivity index (χ0n) is 8.59. The Morgan fingerprint density at radius 1 is 1.40 bits per heavy atom. The topological polar surface area (TPSA) is 16.4 Å². The standard InChI is InChI=1S/C12H12ClNO/c1-14-5-4-12-10(7-14)9-6-8(13)2-3-11(9)15-12/h2-3,6H,4-5,7H2,1H3. The molecule has 0 radical (unpaired) electrons. The van der Waals surface area contributed by atoms with E-state index in [0.717, 1.165) is 35.9 Å². The van der Waals surface area contributed by atoms with Crippen molar-refractivity contribution in [3.63, 3.8) is 0 Å². The molecule has 78 valence electrons. The molecule has 2 heterocycles. The van der Waals surface area contributed by atoms with Gasteiger partial charge in [0.2, 0.25) is 0 Å². The van der Waals surface area contributed by atoms with E-state index in [0.29, 0.717) is 0 Å². The molecule has 1 aliphatic rings. The molecule has 3 heteroatoms. The minimum atomic E-state index is 0.777. The van der Waals surface area contributed by atoms with Gasteiger partial charge >= 0.3 is 0 Å². The van der Waals surface area contributed by atoms with E-state index in [1.807, 2.05) is 18.2 Å². The number of furan rings is 1. The van der Waals surface area contributed by atoms with Crippen LogP contribution < -0.4 is 0 Å². The Labute approximate surface area is 93.4 Å². The van der Waals surface area contributed by atoms with Gasteiger partial charge < -0.3 is 9.32 Å². The highest BCUT2D eigenvalue weighted by atomic mass is 35.5. The van der Waals surface area contributed by atoms with Crippen LogP contribution >= 0.6 is 11.6 Å². The molecule has 1 aromatic carbocycles. The van der Waals surface area contributed by atoms with Gasteiger partial charge in [0.05, 0.1) is 0 Å². The smallest absolute Gasteiger partial charge is 0.134 e. The number of likely N-dealkylation sites (N-methyl/N-ethyl adjacent to an activating group) is 1. The Balaban J connectivity index is 2.25. The van der Waals surface area contributed by atoms with Crippen molar-refractivity contribution >= 4 is 22.6 Å². The lowest BCUT2D eigenvalue weighted by atomic mass is 10.1. The van der Waals surface area contributed by atoms with Crippen LogP contribution in [0.5, 0.6) is 0 Å². The number of fused-ring (bicyclic) bond motifs is 3. The summed E-state index contributed by atoms with van der Waals surface area (Å²) in [6.07, 6.45) is 0.998.